The molecule has 0 aromatic carbocycles. The van der Waals surface area contributed by atoms with Gasteiger partial charge < -0.3 is 0 Å². The lowest BCUT2D eigenvalue weighted by Gasteiger charge is -1.88. The van der Waals surface area contributed by atoms with Crippen LogP contribution in [0.2, 0.25) is 0 Å². The predicted octanol–water partition coefficient (Wildman–Crippen LogP) is 3.47. The summed E-state index contributed by atoms with van der Waals surface area (Å²) >= 11 is 5.09. The Balaban J connectivity index is 2.15. The summed E-state index contributed by atoms with van der Waals surface area (Å²) < 4.78 is 1.14. The van der Waals surface area contributed by atoms with Crippen molar-refractivity contribution in [2.75, 3.05) is 0 Å². The molecule has 2 nitrogen and oxygen atoms in total. The van der Waals surface area contributed by atoms with Crippen molar-refractivity contribution < 1.29 is 0 Å². The summed E-state index contributed by atoms with van der Waals surface area (Å²) in [6.07, 6.45) is 7.28. The van der Waals surface area contributed by atoms with Gasteiger partial charge in [-0.05, 0) is 45.1 Å². The maximum Gasteiger partial charge on any atom is 0.115 e. The van der Waals surface area contributed by atoms with Gasteiger partial charge in [0.25, 0.3) is 0 Å². The van der Waals surface area contributed by atoms with Crippen molar-refractivity contribution in [2.45, 2.75) is 0 Å². The highest BCUT2D eigenvalue weighted by atomic mass is 79.9. The molecule has 0 N–H and O–H groups in total. The summed E-state index contributed by atoms with van der Waals surface area (Å²) in [6.45, 7) is 0. The van der Waals surface area contributed by atoms with E-state index in [1.54, 1.807) is 23.9 Å². The highest BCUT2D eigenvalue weighted by Gasteiger charge is 1.92. The van der Waals surface area contributed by atoms with E-state index in [1.165, 1.54) is 5.56 Å². The summed E-state index contributed by atoms with van der Waals surface area (Å²) in [4.78, 5) is 7.95. The number of nitrogens with zero attached hydrogens (tertiary/aromatic N) is 2. The molecule has 0 aliphatic carbocycles. The van der Waals surface area contributed by atoms with Gasteiger partial charge in [-0.15, -0.1) is 11.3 Å². The molecule has 0 radical (unpaired) electrons. The number of hydrogen-bond acceptors (Lipinski definition) is 3. The second kappa shape index (κ2) is 4.48. The molecule has 0 saturated heterocycles. The van der Waals surface area contributed by atoms with Gasteiger partial charge in [-0.3, -0.25) is 0 Å². The first-order valence-electron chi connectivity index (χ1n) is 4.03. The van der Waals surface area contributed by atoms with Gasteiger partial charge in [-0.1, -0.05) is 6.08 Å². The molecule has 0 aliphatic heterocycles. The van der Waals surface area contributed by atoms with Gasteiger partial charge in [-0.25, -0.2) is 9.97 Å². The van der Waals surface area contributed by atoms with E-state index in [0.717, 1.165) is 9.48 Å². The summed E-state index contributed by atoms with van der Waals surface area (Å²) in [6, 6.07) is 3.94. The van der Waals surface area contributed by atoms with E-state index < -0.39 is 0 Å². The van der Waals surface area contributed by atoms with Crippen LogP contribution >= 0.6 is 27.3 Å². The maximum atomic E-state index is 4.09. The minimum absolute atomic E-state index is 0.919. The molecule has 0 spiro atoms. The Bertz CT molecular complexity index is 436. The lowest BCUT2D eigenvalue weighted by molar-refractivity contribution is 1.15. The van der Waals surface area contributed by atoms with Gasteiger partial charge in [0.15, 0.2) is 0 Å². The molecule has 0 unspecified atom stereocenters. The Labute approximate surface area is 94.5 Å². The summed E-state index contributed by atoms with van der Waals surface area (Å²) in [5, 5.41) is 2.09. The molecule has 0 atom stereocenters. The van der Waals surface area contributed by atoms with E-state index in [2.05, 4.69) is 37.3 Å². The van der Waals surface area contributed by atoms with Gasteiger partial charge in [0, 0.05) is 6.20 Å². The molecule has 4 heteroatoms. The third-order valence-electron chi connectivity index (χ3n) is 1.64. The van der Waals surface area contributed by atoms with Crippen molar-refractivity contribution in [3.63, 3.8) is 0 Å². The fourth-order valence-electron chi connectivity index (χ4n) is 0.992. The van der Waals surface area contributed by atoms with E-state index in [-0.39, 0.29) is 0 Å². The Kier molecular flexibility index (Phi) is 3.06. The predicted molar refractivity (Wildman–Crippen MR) is 63.0 cm³/mol. The fraction of sp³-hybridized carbons (Fsp3) is 0. The molecule has 2 aromatic rings. The Hall–Kier alpha value is -1.00. The van der Waals surface area contributed by atoms with Crippen LogP contribution in [-0.4, -0.2) is 9.97 Å². The Morgan fingerprint density at radius 3 is 2.93 bits per heavy atom. The van der Waals surface area contributed by atoms with E-state index in [0.29, 0.717) is 0 Å². The molecule has 70 valence electrons. The van der Waals surface area contributed by atoms with Gasteiger partial charge >= 0.3 is 0 Å². The molecular weight excluding hydrogens is 260 g/mol. The van der Waals surface area contributed by atoms with Crippen molar-refractivity contribution in [3.05, 3.63) is 45.1 Å². The second-order valence-electron chi connectivity index (χ2n) is 2.65. The van der Waals surface area contributed by atoms with Crippen molar-refractivity contribution in [3.8, 4) is 0 Å². The quantitative estimate of drug-likeness (QED) is 0.832. The molecule has 0 bridgehead atoms. The van der Waals surface area contributed by atoms with Crippen molar-refractivity contribution in [2.24, 2.45) is 0 Å². The lowest BCUT2D eigenvalue weighted by Crippen LogP contribution is -1.79. The fourth-order valence-corrected chi connectivity index (χ4v) is 2.14. The first-order valence-corrected chi connectivity index (χ1v) is 5.70. The van der Waals surface area contributed by atoms with Crippen LogP contribution in [0.3, 0.4) is 0 Å². The first-order chi connectivity index (χ1) is 6.84. The SMILES string of the molecule is Brc1cc(C=Cc2ccncn2)cs1. The number of thiophene rings is 1. The molecule has 0 amide bonds. The number of rotatable bonds is 2. The van der Waals surface area contributed by atoms with Crippen LogP contribution in [0.4, 0.5) is 0 Å². The summed E-state index contributed by atoms with van der Waals surface area (Å²) in [5.74, 6) is 0. The van der Waals surface area contributed by atoms with Crippen LogP contribution in [0.5, 0.6) is 0 Å². The topological polar surface area (TPSA) is 25.8 Å². The molecule has 0 fully saturated rings. The van der Waals surface area contributed by atoms with Crippen molar-refractivity contribution in [1.29, 1.82) is 0 Å². The van der Waals surface area contributed by atoms with Gasteiger partial charge in [0.1, 0.15) is 6.33 Å². The zero-order chi connectivity index (χ0) is 9.80. The number of halogens is 1. The zero-order valence-corrected chi connectivity index (χ0v) is 9.62. The third-order valence-corrected chi connectivity index (χ3v) is 3.16. The van der Waals surface area contributed by atoms with E-state index >= 15 is 0 Å². The van der Waals surface area contributed by atoms with Crippen LogP contribution < -0.4 is 0 Å². The maximum absolute atomic E-state index is 4.09. The molecule has 2 rings (SSSR count). The molecule has 0 aliphatic rings. The van der Waals surface area contributed by atoms with Gasteiger partial charge in [0.05, 0.1) is 9.48 Å². The highest BCUT2D eigenvalue weighted by Crippen LogP contribution is 2.21. The standard InChI is InChI=1S/C10H7BrN2S/c11-10-5-8(6-14-10)1-2-9-3-4-12-7-13-9/h1-7H. The molecule has 14 heavy (non-hydrogen) atoms. The molecule has 2 aromatic heterocycles. The second-order valence-corrected chi connectivity index (χ2v) is 4.94. The first kappa shape index (κ1) is 9.55. The average Bonchev–Trinajstić information content (AvgIpc) is 2.63. The van der Waals surface area contributed by atoms with Crippen LogP contribution in [0.15, 0.2) is 33.8 Å². The Morgan fingerprint density at radius 2 is 2.29 bits per heavy atom. The van der Waals surface area contributed by atoms with Gasteiger partial charge in [0.2, 0.25) is 0 Å². The largest absolute Gasteiger partial charge is 0.245 e. The van der Waals surface area contributed by atoms with Crippen LogP contribution in [0.25, 0.3) is 12.2 Å². The smallest absolute Gasteiger partial charge is 0.115 e. The lowest BCUT2D eigenvalue weighted by atomic mass is 10.3. The molecular formula is C10H7BrN2S. The Morgan fingerprint density at radius 1 is 1.36 bits per heavy atom. The minimum Gasteiger partial charge on any atom is -0.245 e. The van der Waals surface area contributed by atoms with Crippen LogP contribution in [-0.2, 0) is 0 Å². The van der Waals surface area contributed by atoms with Crippen molar-refractivity contribution >= 4 is 39.4 Å². The summed E-state index contributed by atoms with van der Waals surface area (Å²) in [7, 11) is 0. The van der Waals surface area contributed by atoms with E-state index in [9.17, 15) is 0 Å². The molecule has 2 heterocycles. The molecule has 0 saturated carbocycles. The van der Waals surface area contributed by atoms with Crippen molar-refractivity contribution in [1.82, 2.24) is 9.97 Å². The van der Waals surface area contributed by atoms with Gasteiger partial charge in [-0.2, -0.15) is 0 Å². The highest BCUT2D eigenvalue weighted by molar-refractivity contribution is 9.11. The zero-order valence-electron chi connectivity index (χ0n) is 7.22. The average molecular weight is 267 g/mol. The number of aromatic nitrogens is 2. The minimum atomic E-state index is 0.919. The number of hydrogen-bond donors (Lipinski definition) is 0. The van der Waals surface area contributed by atoms with E-state index in [1.807, 2.05) is 18.2 Å². The summed E-state index contributed by atoms with van der Waals surface area (Å²) in [5.41, 5.74) is 2.10. The third kappa shape index (κ3) is 2.49. The van der Waals surface area contributed by atoms with E-state index in [4.69, 9.17) is 0 Å². The van der Waals surface area contributed by atoms with Crippen LogP contribution in [0, 0.1) is 0 Å². The monoisotopic (exact) mass is 266 g/mol. The van der Waals surface area contributed by atoms with Crippen LogP contribution in [0.1, 0.15) is 11.3 Å². The normalized spacial score (nSPS) is 10.9.